The summed E-state index contributed by atoms with van der Waals surface area (Å²) in [6.45, 7) is 8.72. The number of amides is 1. The second kappa shape index (κ2) is 3.90. The first kappa shape index (κ1) is 9.52. The topological polar surface area (TPSA) is 32.3 Å². The first-order valence-electron chi connectivity index (χ1n) is 4.64. The van der Waals surface area contributed by atoms with Crippen LogP contribution in [0.5, 0.6) is 0 Å². The van der Waals surface area contributed by atoms with Crippen LogP contribution in [0.1, 0.15) is 20.8 Å². The molecule has 0 aromatic rings. The maximum Gasteiger partial charge on any atom is 0.225 e. The van der Waals surface area contributed by atoms with E-state index in [1.807, 2.05) is 18.7 Å². The number of carbonyl (C=O) groups is 1. The SMILES string of the molecule is CC(C)C(=O)N1CCNC[C@H]1C. The van der Waals surface area contributed by atoms with Crippen LogP contribution in [0.4, 0.5) is 0 Å². The quantitative estimate of drug-likeness (QED) is 0.620. The number of rotatable bonds is 1. The van der Waals surface area contributed by atoms with Crippen molar-refractivity contribution < 1.29 is 4.79 Å². The Labute approximate surface area is 74.1 Å². The van der Waals surface area contributed by atoms with Crippen LogP contribution in [0.25, 0.3) is 0 Å². The molecule has 1 saturated heterocycles. The van der Waals surface area contributed by atoms with Crippen LogP contribution >= 0.6 is 0 Å². The number of nitrogens with zero attached hydrogens (tertiary/aromatic N) is 1. The van der Waals surface area contributed by atoms with Gasteiger partial charge in [0.15, 0.2) is 0 Å². The molecule has 0 unspecified atom stereocenters. The molecule has 3 nitrogen and oxygen atoms in total. The van der Waals surface area contributed by atoms with Crippen molar-refractivity contribution in [2.24, 2.45) is 5.92 Å². The Morgan fingerprint density at radius 1 is 1.58 bits per heavy atom. The summed E-state index contributed by atoms with van der Waals surface area (Å²) in [5, 5.41) is 3.26. The molecule has 0 bridgehead atoms. The van der Waals surface area contributed by atoms with Gasteiger partial charge < -0.3 is 10.2 Å². The maximum absolute atomic E-state index is 11.6. The van der Waals surface area contributed by atoms with Crippen LogP contribution in [0.2, 0.25) is 0 Å². The summed E-state index contributed by atoms with van der Waals surface area (Å²) in [6, 6.07) is 0.355. The van der Waals surface area contributed by atoms with Crippen LogP contribution in [0, 0.1) is 5.92 Å². The molecule has 12 heavy (non-hydrogen) atoms. The Balaban J connectivity index is 2.53. The minimum Gasteiger partial charge on any atom is -0.337 e. The van der Waals surface area contributed by atoms with Crippen molar-refractivity contribution in [2.75, 3.05) is 19.6 Å². The van der Waals surface area contributed by atoms with Crippen LogP contribution in [0.3, 0.4) is 0 Å². The van der Waals surface area contributed by atoms with Gasteiger partial charge in [0, 0.05) is 31.6 Å². The number of nitrogens with one attached hydrogen (secondary N) is 1. The smallest absolute Gasteiger partial charge is 0.225 e. The van der Waals surface area contributed by atoms with Gasteiger partial charge in [-0.2, -0.15) is 0 Å². The molecule has 70 valence electrons. The van der Waals surface area contributed by atoms with E-state index in [0.29, 0.717) is 6.04 Å². The third kappa shape index (κ3) is 1.97. The molecule has 1 rings (SSSR count). The van der Waals surface area contributed by atoms with Gasteiger partial charge in [-0.15, -0.1) is 0 Å². The lowest BCUT2D eigenvalue weighted by Gasteiger charge is -2.35. The normalized spacial score (nSPS) is 24.7. The Hall–Kier alpha value is -0.570. The molecule has 0 spiro atoms. The van der Waals surface area contributed by atoms with Gasteiger partial charge >= 0.3 is 0 Å². The minimum absolute atomic E-state index is 0.130. The molecule has 1 atom stereocenters. The second-order valence-electron chi connectivity index (χ2n) is 3.74. The highest BCUT2D eigenvalue weighted by molar-refractivity contribution is 5.78. The van der Waals surface area contributed by atoms with Crippen LogP contribution in [-0.4, -0.2) is 36.5 Å². The fraction of sp³-hybridized carbons (Fsp3) is 0.889. The number of hydrogen-bond acceptors (Lipinski definition) is 2. The van der Waals surface area contributed by atoms with Crippen molar-refractivity contribution in [3.05, 3.63) is 0 Å². The average Bonchev–Trinajstić information content (AvgIpc) is 2.04. The second-order valence-corrected chi connectivity index (χ2v) is 3.74. The van der Waals surface area contributed by atoms with Gasteiger partial charge in [-0.3, -0.25) is 4.79 Å². The zero-order valence-electron chi connectivity index (χ0n) is 8.13. The number of hydrogen-bond donors (Lipinski definition) is 1. The maximum atomic E-state index is 11.6. The highest BCUT2D eigenvalue weighted by atomic mass is 16.2. The van der Waals surface area contributed by atoms with Crippen LogP contribution in [0.15, 0.2) is 0 Å². The summed E-state index contributed by atoms with van der Waals surface area (Å²) >= 11 is 0. The van der Waals surface area contributed by atoms with Crippen LogP contribution < -0.4 is 5.32 Å². The van der Waals surface area contributed by atoms with E-state index in [1.54, 1.807) is 0 Å². The Morgan fingerprint density at radius 3 is 2.75 bits per heavy atom. The first-order valence-corrected chi connectivity index (χ1v) is 4.64. The zero-order valence-corrected chi connectivity index (χ0v) is 8.13. The fourth-order valence-corrected chi connectivity index (χ4v) is 1.50. The Kier molecular flexibility index (Phi) is 3.09. The van der Waals surface area contributed by atoms with Gasteiger partial charge in [0.1, 0.15) is 0 Å². The van der Waals surface area contributed by atoms with Gasteiger partial charge in [0.2, 0.25) is 5.91 Å². The largest absolute Gasteiger partial charge is 0.337 e. The molecule has 1 N–H and O–H groups in total. The molecule has 0 aromatic carbocycles. The summed E-state index contributed by atoms with van der Waals surface area (Å²) in [7, 11) is 0. The summed E-state index contributed by atoms with van der Waals surface area (Å²) in [5.41, 5.74) is 0. The van der Waals surface area contributed by atoms with E-state index in [9.17, 15) is 4.79 Å². The molecule has 1 fully saturated rings. The predicted molar refractivity (Wildman–Crippen MR) is 48.9 cm³/mol. The number of piperazine rings is 1. The molecule has 1 aliphatic rings. The highest BCUT2D eigenvalue weighted by Gasteiger charge is 2.24. The van der Waals surface area contributed by atoms with E-state index in [4.69, 9.17) is 0 Å². The van der Waals surface area contributed by atoms with E-state index in [1.165, 1.54) is 0 Å². The van der Waals surface area contributed by atoms with Crippen LogP contribution in [-0.2, 0) is 4.79 Å². The molecule has 1 heterocycles. The standard InChI is InChI=1S/C9H18N2O/c1-7(2)9(12)11-5-4-10-6-8(11)3/h7-8,10H,4-6H2,1-3H3/t8-/m1/s1. The lowest BCUT2D eigenvalue weighted by atomic mass is 10.1. The fourth-order valence-electron chi connectivity index (χ4n) is 1.50. The monoisotopic (exact) mass is 170 g/mol. The summed E-state index contributed by atoms with van der Waals surface area (Å²) in [5.74, 6) is 0.412. The lowest BCUT2D eigenvalue weighted by molar-refractivity contribution is -0.137. The third-order valence-electron chi connectivity index (χ3n) is 2.28. The molecule has 1 aliphatic heterocycles. The van der Waals surface area contributed by atoms with E-state index in [0.717, 1.165) is 19.6 Å². The Morgan fingerprint density at radius 2 is 2.25 bits per heavy atom. The molecule has 0 aliphatic carbocycles. The van der Waals surface area contributed by atoms with Gasteiger partial charge in [-0.05, 0) is 6.92 Å². The molecule has 0 saturated carbocycles. The summed E-state index contributed by atoms with van der Waals surface area (Å²) in [4.78, 5) is 13.6. The first-order chi connectivity index (χ1) is 5.63. The van der Waals surface area contributed by atoms with Crippen molar-refractivity contribution in [3.63, 3.8) is 0 Å². The zero-order chi connectivity index (χ0) is 9.14. The van der Waals surface area contributed by atoms with Gasteiger partial charge in [0.05, 0.1) is 0 Å². The molecular formula is C9H18N2O. The Bertz CT molecular complexity index is 168. The summed E-state index contributed by atoms with van der Waals surface area (Å²) < 4.78 is 0. The van der Waals surface area contributed by atoms with E-state index >= 15 is 0 Å². The summed E-state index contributed by atoms with van der Waals surface area (Å²) in [6.07, 6.45) is 0. The molecule has 0 aromatic heterocycles. The van der Waals surface area contributed by atoms with Gasteiger partial charge in [0.25, 0.3) is 0 Å². The predicted octanol–water partition coefficient (Wildman–Crippen LogP) is 0.463. The van der Waals surface area contributed by atoms with Crippen molar-refractivity contribution >= 4 is 5.91 Å². The van der Waals surface area contributed by atoms with Crippen molar-refractivity contribution in [3.8, 4) is 0 Å². The lowest BCUT2D eigenvalue weighted by Crippen LogP contribution is -2.53. The molecule has 3 heteroatoms. The van der Waals surface area contributed by atoms with E-state index in [-0.39, 0.29) is 11.8 Å². The van der Waals surface area contributed by atoms with Gasteiger partial charge in [-0.1, -0.05) is 13.8 Å². The van der Waals surface area contributed by atoms with Gasteiger partial charge in [-0.25, -0.2) is 0 Å². The number of carbonyl (C=O) groups excluding carboxylic acids is 1. The molecule has 0 radical (unpaired) electrons. The average molecular weight is 170 g/mol. The van der Waals surface area contributed by atoms with Crippen molar-refractivity contribution in [2.45, 2.75) is 26.8 Å². The van der Waals surface area contributed by atoms with Crippen molar-refractivity contribution in [1.82, 2.24) is 10.2 Å². The third-order valence-corrected chi connectivity index (χ3v) is 2.28. The van der Waals surface area contributed by atoms with E-state index < -0.39 is 0 Å². The highest BCUT2D eigenvalue weighted by Crippen LogP contribution is 2.07. The minimum atomic E-state index is 0.130. The van der Waals surface area contributed by atoms with Crippen molar-refractivity contribution in [1.29, 1.82) is 0 Å². The molecule has 1 amide bonds. The molecular weight excluding hydrogens is 152 g/mol. The van der Waals surface area contributed by atoms with E-state index in [2.05, 4.69) is 12.2 Å².